The van der Waals surface area contributed by atoms with Gasteiger partial charge in [0.2, 0.25) is 5.91 Å². The molecule has 1 aliphatic heterocycles. The van der Waals surface area contributed by atoms with E-state index >= 15 is 0 Å². The zero-order chi connectivity index (χ0) is 29.8. The number of carboxylic acids is 1. The van der Waals surface area contributed by atoms with Gasteiger partial charge in [0.15, 0.2) is 0 Å². The van der Waals surface area contributed by atoms with E-state index in [-0.39, 0.29) is 17.6 Å². The number of hydrogen-bond acceptors (Lipinski definition) is 4. The first-order chi connectivity index (χ1) is 20.2. The molecule has 1 heterocycles. The average molecular weight is 589 g/mol. The quantitative estimate of drug-likeness (QED) is 0.301. The van der Waals surface area contributed by atoms with Crippen molar-refractivity contribution in [3.8, 4) is 5.75 Å². The largest absolute Gasteiger partial charge is 0.489 e. The molecule has 0 unspecified atom stereocenters. The van der Waals surface area contributed by atoms with Gasteiger partial charge < -0.3 is 14.7 Å². The van der Waals surface area contributed by atoms with E-state index < -0.39 is 11.8 Å². The smallest absolute Gasteiger partial charge is 0.335 e. The molecule has 0 spiro atoms. The van der Waals surface area contributed by atoms with Gasteiger partial charge in [0.1, 0.15) is 17.7 Å². The zero-order valence-electron chi connectivity index (χ0n) is 23.8. The standard InChI is InChI=1S/C34H34ClFN2O4/c1-37(2)32(39)7-4-17-38-18-16-27(21-38)42-26-12-8-22(9-13-26)33-28-14-10-24(34(40)41)19-23(28)5-3-6-30(33)29-15-11-25(36)20-31(29)35/h4,7-15,19-20,27H,3,5-6,16-18,21H2,1-2H3,(H,40,41)/t27-/m0/s1. The van der Waals surface area contributed by atoms with Gasteiger partial charge in [-0.3, -0.25) is 9.69 Å². The number of amides is 1. The number of carboxylic acid groups (broad SMARTS) is 1. The van der Waals surface area contributed by atoms with Crippen molar-refractivity contribution in [1.82, 2.24) is 9.80 Å². The van der Waals surface area contributed by atoms with Crippen LogP contribution in [0.1, 0.15) is 51.9 Å². The van der Waals surface area contributed by atoms with E-state index in [4.69, 9.17) is 16.3 Å². The molecule has 8 heteroatoms. The summed E-state index contributed by atoms with van der Waals surface area (Å²) in [6.07, 6.45) is 6.68. The lowest BCUT2D eigenvalue weighted by Gasteiger charge is -2.19. The zero-order valence-corrected chi connectivity index (χ0v) is 24.5. The molecular weight excluding hydrogens is 555 g/mol. The first kappa shape index (κ1) is 29.5. The van der Waals surface area contributed by atoms with Crippen molar-refractivity contribution >= 4 is 34.6 Å². The number of fused-ring (bicyclic) bond motifs is 1. The Balaban J connectivity index is 1.41. The fourth-order valence-electron chi connectivity index (χ4n) is 5.66. The summed E-state index contributed by atoms with van der Waals surface area (Å²) in [4.78, 5) is 27.3. The lowest BCUT2D eigenvalue weighted by atomic mass is 9.87. The van der Waals surface area contributed by atoms with Crippen LogP contribution in [-0.2, 0) is 11.2 Å². The highest BCUT2D eigenvalue weighted by Gasteiger charge is 2.25. The van der Waals surface area contributed by atoms with Crippen LogP contribution in [0.15, 0.2) is 72.8 Å². The number of halogens is 2. The van der Waals surface area contributed by atoms with Crippen LogP contribution in [0.2, 0.25) is 5.02 Å². The van der Waals surface area contributed by atoms with E-state index in [1.165, 1.54) is 12.1 Å². The summed E-state index contributed by atoms with van der Waals surface area (Å²) in [5, 5.41) is 9.93. The van der Waals surface area contributed by atoms with E-state index in [1.807, 2.05) is 36.4 Å². The van der Waals surface area contributed by atoms with Gasteiger partial charge in [0.25, 0.3) is 0 Å². The lowest BCUT2D eigenvalue weighted by Crippen LogP contribution is -2.25. The number of nitrogens with zero attached hydrogens (tertiary/aromatic N) is 2. The second-order valence-electron chi connectivity index (χ2n) is 11.0. The van der Waals surface area contributed by atoms with Crippen LogP contribution in [0.4, 0.5) is 4.39 Å². The lowest BCUT2D eigenvalue weighted by molar-refractivity contribution is -0.123. The summed E-state index contributed by atoms with van der Waals surface area (Å²) in [7, 11) is 3.47. The highest BCUT2D eigenvalue weighted by atomic mass is 35.5. The number of ether oxygens (including phenoxy) is 1. The van der Waals surface area contributed by atoms with Crippen molar-refractivity contribution in [3.05, 3.63) is 111 Å². The maximum Gasteiger partial charge on any atom is 0.335 e. The Morgan fingerprint density at radius 2 is 1.83 bits per heavy atom. The van der Waals surface area contributed by atoms with Gasteiger partial charge in [-0.2, -0.15) is 0 Å². The number of aryl methyl sites for hydroxylation is 1. The van der Waals surface area contributed by atoms with Gasteiger partial charge >= 0.3 is 5.97 Å². The number of aromatic carboxylic acids is 1. The second kappa shape index (κ2) is 12.9. The van der Waals surface area contributed by atoms with Gasteiger partial charge in [0.05, 0.1) is 10.6 Å². The maximum absolute atomic E-state index is 13.9. The van der Waals surface area contributed by atoms with Crippen molar-refractivity contribution in [2.45, 2.75) is 31.8 Å². The Morgan fingerprint density at radius 1 is 1.07 bits per heavy atom. The van der Waals surface area contributed by atoms with Crippen molar-refractivity contribution in [2.75, 3.05) is 33.7 Å². The third-order valence-electron chi connectivity index (χ3n) is 7.79. The van der Waals surface area contributed by atoms with E-state index in [9.17, 15) is 19.1 Å². The highest BCUT2D eigenvalue weighted by molar-refractivity contribution is 6.32. The van der Waals surface area contributed by atoms with Gasteiger partial charge in [-0.25, -0.2) is 9.18 Å². The SMILES string of the molecule is CN(C)C(=O)C=CCN1CC[C@H](Oc2ccc(C3=C(c4ccc(F)cc4Cl)CCCc4cc(C(=O)O)ccc43)cc2)C1. The fraction of sp³-hybridized carbons (Fsp3) is 0.294. The molecule has 1 aliphatic carbocycles. The van der Waals surface area contributed by atoms with Gasteiger partial charge in [-0.05, 0) is 95.5 Å². The number of carbonyl (C=O) groups is 2. The predicted molar refractivity (Wildman–Crippen MR) is 163 cm³/mol. The summed E-state index contributed by atoms with van der Waals surface area (Å²) >= 11 is 6.56. The minimum atomic E-state index is -0.959. The number of carbonyl (C=O) groups excluding carboxylic acids is 1. The molecule has 6 nitrogen and oxygen atoms in total. The second-order valence-corrected chi connectivity index (χ2v) is 11.4. The van der Waals surface area contributed by atoms with Crippen LogP contribution in [-0.4, -0.2) is 66.6 Å². The molecule has 42 heavy (non-hydrogen) atoms. The summed E-state index contributed by atoms with van der Waals surface area (Å²) in [6.45, 7) is 2.37. The maximum atomic E-state index is 13.9. The first-order valence-electron chi connectivity index (χ1n) is 14.1. The summed E-state index contributed by atoms with van der Waals surface area (Å²) in [5.41, 5.74) is 5.86. The van der Waals surface area contributed by atoms with Gasteiger partial charge in [0, 0.05) is 39.8 Å². The molecule has 3 aromatic rings. The number of likely N-dealkylation sites (N-methyl/N-ethyl adjacent to an activating group) is 1. The number of benzene rings is 3. The minimum absolute atomic E-state index is 0.0272. The molecule has 1 N–H and O–H groups in total. The number of hydrogen-bond donors (Lipinski definition) is 1. The van der Waals surface area contributed by atoms with Crippen LogP contribution < -0.4 is 4.74 Å². The fourth-order valence-corrected chi connectivity index (χ4v) is 5.94. The average Bonchev–Trinajstić information content (AvgIpc) is 3.31. The molecule has 5 rings (SSSR count). The van der Waals surface area contributed by atoms with Crippen LogP contribution >= 0.6 is 11.6 Å². The van der Waals surface area contributed by atoms with Crippen molar-refractivity contribution in [2.24, 2.45) is 0 Å². The normalized spacial score (nSPS) is 17.3. The molecule has 3 aromatic carbocycles. The Bertz CT molecular complexity index is 1550. The monoisotopic (exact) mass is 588 g/mol. The van der Waals surface area contributed by atoms with Crippen LogP contribution in [0.5, 0.6) is 5.75 Å². The van der Waals surface area contributed by atoms with E-state index in [0.717, 1.165) is 71.5 Å². The van der Waals surface area contributed by atoms with E-state index in [1.54, 1.807) is 43.3 Å². The molecule has 1 amide bonds. The van der Waals surface area contributed by atoms with Crippen LogP contribution in [0, 0.1) is 5.82 Å². The van der Waals surface area contributed by atoms with Crippen molar-refractivity contribution < 1.29 is 23.8 Å². The highest BCUT2D eigenvalue weighted by Crippen LogP contribution is 2.42. The van der Waals surface area contributed by atoms with Crippen LogP contribution in [0.3, 0.4) is 0 Å². The predicted octanol–water partition coefficient (Wildman–Crippen LogP) is 6.57. The molecule has 0 aromatic heterocycles. The topological polar surface area (TPSA) is 70.1 Å². The minimum Gasteiger partial charge on any atom is -0.489 e. The Labute approximate surface area is 250 Å². The summed E-state index contributed by atoms with van der Waals surface area (Å²) < 4.78 is 20.2. The third kappa shape index (κ3) is 6.75. The Hall–Kier alpha value is -3.94. The van der Waals surface area contributed by atoms with E-state index in [2.05, 4.69) is 4.90 Å². The molecule has 1 saturated heterocycles. The summed E-state index contributed by atoms with van der Waals surface area (Å²) in [6, 6.07) is 17.7. The molecule has 0 radical (unpaired) electrons. The number of rotatable bonds is 8. The molecule has 218 valence electrons. The molecule has 1 fully saturated rings. The van der Waals surface area contributed by atoms with Crippen LogP contribution in [0.25, 0.3) is 11.1 Å². The Kier molecular flexibility index (Phi) is 9.09. The number of likely N-dealkylation sites (tertiary alicyclic amines) is 1. The molecule has 0 bridgehead atoms. The van der Waals surface area contributed by atoms with Crippen molar-refractivity contribution in [3.63, 3.8) is 0 Å². The third-order valence-corrected chi connectivity index (χ3v) is 8.10. The van der Waals surface area contributed by atoms with Crippen molar-refractivity contribution in [1.29, 1.82) is 0 Å². The molecular formula is C34H34ClFN2O4. The number of allylic oxidation sites excluding steroid dienone is 1. The first-order valence-corrected chi connectivity index (χ1v) is 14.5. The molecule has 0 saturated carbocycles. The molecule has 1 atom stereocenters. The molecule has 2 aliphatic rings. The Morgan fingerprint density at radius 3 is 2.55 bits per heavy atom. The van der Waals surface area contributed by atoms with Gasteiger partial charge in [-0.15, -0.1) is 0 Å². The summed E-state index contributed by atoms with van der Waals surface area (Å²) in [5.74, 6) is -0.614. The van der Waals surface area contributed by atoms with Gasteiger partial charge in [-0.1, -0.05) is 41.9 Å². The van der Waals surface area contributed by atoms with E-state index in [0.29, 0.717) is 18.0 Å².